The molecule has 0 aromatic carbocycles. The SMILES string of the molecule is CCc1cc(OC)n(C2CCNCC2)n1. The van der Waals surface area contributed by atoms with Crippen LogP contribution < -0.4 is 10.1 Å². The van der Waals surface area contributed by atoms with Crippen molar-refractivity contribution in [2.75, 3.05) is 20.2 Å². The summed E-state index contributed by atoms with van der Waals surface area (Å²) in [7, 11) is 1.72. The first-order chi connectivity index (χ1) is 7.35. The molecule has 1 aromatic heterocycles. The van der Waals surface area contributed by atoms with Gasteiger partial charge in [0.25, 0.3) is 0 Å². The molecular formula is C11H19N3O. The monoisotopic (exact) mass is 209 g/mol. The Bertz CT molecular complexity index is 316. The van der Waals surface area contributed by atoms with Crippen LogP contribution in [0, 0.1) is 0 Å². The molecule has 0 unspecified atom stereocenters. The van der Waals surface area contributed by atoms with Gasteiger partial charge >= 0.3 is 0 Å². The van der Waals surface area contributed by atoms with Crippen LogP contribution in [0.2, 0.25) is 0 Å². The zero-order chi connectivity index (χ0) is 10.7. The molecule has 2 rings (SSSR count). The van der Waals surface area contributed by atoms with Crippen LogP contribution in [-0.2, 0) is 6.42 Å². The van der Waals surface area contributed by atoms with Gasteiger partial charge < -0.3 is 10.1 Å². The molecular weight excluding hydrogens is 190 g/mol. The lowest BCUT2D eigenvalue weighted by Crippen LogP contribution is -2.30. The van der Waals surface area contributed by atoms with Crippen molar-refractivity contribution in [3.8, 4) is 5.88 Å². The Morgan fingerprint density at radius 1 is 1.53 bits per heavy atom. The zero-order valence-electron chi connectivity index (χ0n) is 9.49. The van der Waals surface area contributed by atoms with E-state index in [0.29, 0.717) is 6.04 Å². The van der Waals surface area contributed by atoms with E-state index < -0.39 is 0 Å². The van der Waals surface area contributed by atoms with Crippen LogP contribution in [0.25, 0.3) is 0 Å². The molecule has 1 aliphatic heterocycles. The summed E-state index contributed by atoms with van der Waals surface area (Å²) >= 11 is 0. The maximum Gasteiger partial charge on any atom is 0.211 e. The van der Waals surface area contributed by atoms with E-state index in [9.17, 15) is 0 Å². The van der Waals surface area contributed by atoms with E-state index in [1.54, 1.807) is 7.11 Å². The smallest absolute Gasteiger partial charge is 0.211 e. The second-order valence-electron chi connectivity index (χ2n) is 3.96. The second-order valence-corrected chi connectivity index (χ2v) is 3.96. The third-order valence-corrected chi connectivity index (χ3v) is 2.98. The van der Waals surface area contributed by atoms with Gasteiger partial charge in [0.05, 0.1) is 18.8 Å². The lowest BCUT2D eigenvalue weighted by molar-refractivity contribution is 0.288. The highest BCUT2D eigenvalue weighted by atomic mass is 16.5. The molecule has 0 atom stereocenters. The van der Waals surface area contributed by atoms with Crippen molar-refractivity contribution in [3.63, 3.8) is 0 Å². The fourth-order valence-corrected chi connectivity index (χ4v) is 2.06. The molecule has 1 N–H and O–H groups in total. The Morgan fingerprint density at radius 3 is 2.87 bits per heavy atom. The number of methoxy groups -OCH3 is 1. The maximum absolute atomic E-state index is 5.36. The van der Waals surface area contributed by atoms with Crippen molar-refractivity contribution in [2.45, 2.75) is 32.2 Å². The minimum Gasteiger partial charge on any atom is -0.481 e. The van der Waals surface area contributed by atoms with E-state index in [1.165, 1.54) is 0 Å². The third-order valence-electron chi connectivity index (χ3n) is 2.98. The molecule has 0 spiro atoms. The first kappa shape index (κ1) is 10.5. The molecule has 1 aromatic rings. The maximum atomic E-state index is 5.36. The lowest BCUT2D eigenvalue weighted by Gasteiger charge is -2.24. The van der Waals surface area contributed by atoms with Gasteiger partial charge in [-0.05, 0) is 32.4 Å². The molecule has 1 aliphatic rings. The molecule has 84 valence electrons. The van der Waals surface area contributed by atoms with Crippen LogP contribution in [0.3, 0.4) is 0 Å². The molecule has 4 heteroatoms. The average molecular weight is 209 g/mol. The van der Waals surface area contributed by atoms with Crippen LogP contribution in [-0.4, -0.2) is 30.0 Å². The Morgan fingerprint density at radius 2 is 2.27 bits per heavy atom. The van der Waals surface area contributed by atoms with Gasteiger partial charge in [0.2, 0.25) is 5.88 Å². The zero-order valence-corrected chi connectivity index (χ0v) is 9.49. The normalized spacial score (nSPS) is 18.0. The molecule has 1 fully saturated rings. The third kappa shape index (κ3) is 2.15. The number of hydrogen-bond acceptors (Lipinski definition) is 3. The van der Waals surface area contributed by atoms with Crippen LogP contribution in [0.15, 0.2) is 6.07 Å². The first-order valence-corrected chi connectivity index (χ1v) is 5.68. The number of aryl methyl sites for hydroxylation is 1. The second kappa shape index (κ2) is 4.66. The number of nitrogens with one attached hydrogen (secondary N) is 1. The van der Waals surface area contributed by atoms with E-state index >= 15 is 0 Å². The molecule has 0 radical (unpaired) electrons. The van der Waals surface area contributed by atoms with E-state index in [-0.39, 0.29) is 0 Å². The van der Waals surface area contributed by atoms with Crippen molar-refractivity contribution in [3.05, 3.63) is 11.8 Å². The van der Waals surface area contributed by atoms with Gasteiger partial charge in [0, 0.05) is 6.07 Å². The van der Waals surface area contributed by atoms with E-state index in [1.807, 2.05) is 6.07 Å². The predicted molar refractivity (Wildman–Crippen MR) is 59.3 cm³/mol. The van der Waals surface area contributed by atoms with E-state index in [4.69, 9.17) is 4.74 Å². The van der Waals surface area contributed by atoms with Crippen LogP contribution in [0.5, 0.6) is 5.88 Å². The summed E-state index contributed by atoms with van der Waals surface area (Å²) in [6.07, 6.45) is 3.25. The number of hydrogen-bond donors (Lipinski definition) is 1. The highest BCUT2D eigenvalue weighted by Gasteiger charge is 2.19. The summed E-state index contributed by atoms with van der Waals surface area (Å²) in [5, 5.41) is 7.95. The fourth-order valence-electron chi connectivity index (χ4n) is 2.06. The number of nitrogens with zero attached hydrogens (tertiary/aromatic N) is 2. The summed E-state index contributed by atoms with van der Waals surface area (Å²) < 4.78 is 7.42. The highest BCUT2D eigenvalue weighted by Crippen LogP contribution is 2.25. The van der Waals surface area contributed by atoms with E-state index in [0.717, 1.165) is 43.9 Å². The molecule has 0 amide bonds. The topological polar surface area (TPSA) is 39.1 Å². The van der Waals surface area contributed by atoms with Crippen LogP contribution in [0.4, 0.5) is 0 Å². The molecule has 2 heterocycles. The van der Waals surface area contributed by atoms with Gasteiger partial charge in [0.1, 0.15) is 0 Å². The van der Waals surface area contributed by atoms with Gasteiger partial charge in [-0.15, -0.1) is 0 Å². The van der Waals surface area contributed by atoms with Gasteiger partial charge in [-0.2, -0.15) is 5.10 Å². The summed E-state index contributed by atoms with van der Waals surface area (Å²) in [5.41, 5.74) is 1.12. The van der Waals surface area contributed by atoms with Crippen molar-refractivity contribution in [1.82, 2.24) is 15.1 Å². The average Bonchev–Trinajstić information content (AvgIpc) is 2.73. The Kier molecular flexibility index (Phi) is 3.26. The largest absolute Gasteiger partial charge is 0.481 e. The van der Waals surface area contributed by atoms with Crippen molar-refractivity contribution in [1.29, 1.82) is 0 Å². The molecule has 0 saturated carbocycles. The number of piperidine rings is 1. The molecule has 1 saturated heterocycles. The van der Waals surface area contributed by atoms with Crippen molar-refractivity contribution >= 4 is 0 Å². The highest BCUT2D eigenvalue weighted by molar-refractivity contribution is 5.17. The Labute approximate surface area is 90.6 Å². The number of rotatable bonds is 3. The minimum atomic E-state index is 0.501. The molecule has 4 nitrogen and oxygen atoms in total. The minimum absolute atomic E-state index is 0.501. The van der Waals surface area contributed by atoms with Crippen molar-refractivity contribution < 1.29 is 4.74 Å². The Hall–Kier alpha value is -1.03. The first-order valence-electron chi connectivity index (χ1n) is 5.68. The molecule has 15 heavy (non-hydrogen) atoms. The van der Waals surface area contributed by atoms with Gasteiger partial charge in [-0.25, -0.2) is 4.68 Å². The lowest BCUT2D eigenvalue weighted by atomic mass is 10.1. The molecule has 0 aliphatic carbocycles. The van der Waals surface area contributed by atoms with Gasteiger partial charge in [-0.3, -0.25) is 0 Å². The van der Waals surface area contributed by atoms with E-state index in [2.05, 4.69) is 22.0 Å². The molecule has 0 bridgehead atoms. The van der Waals surface area contributed by atoms with Crippen LogP contribution in [0.1, 0.15) is 31.5 Å². The summed E-state index contributed by atoms with van der Waals surface area (Å²) in [4.78, 5) is 0. The van der Waals surface area contributed by atoms with Gasteiger partial charge in [-0.1, -0.05) is 6.92 Å². The number of ether oxygens (including phenoxy) is 1. The fraction of sp³-hybridized carbons (Fsp3) is 0.727. The quantitative estimate of drug-likeness (QED) is 0.817. The predicted octanol–water partition coefficient (Wildman–Crippen LogP) is 1.38. The summed E-state index contributed by atoms with van der Waals surface area (Å²) in [5.74, 6) is 0.902. The number of aromatic nitrogens is 2. The van der Waals surface area contributed by atoms with Crippen LogP contribution >= 0.6 is 0 Å². The van der Waals surface area contributed by atoms with Gasteiger partial charge in [0.15, 0.2) is 0 Å². The Balaban J connectivity index is 2.20. The standard InChI is InChI=1S/C11H19N3O/c1-3-9-8-11(15-2)14(13-9)10-4-6-12-7-5-10/h8,10,12H,3-7H2,1-2H3. The summed E-state index contributed by atoms with van der Waals surface area (Å²) in [6, 6.07) is 2.55. The summed E-state index contributed by atoms with van der Waals surface area (Å²) in [6.45, 7) is 4.28. The van der Waals surface area contributed by atoms with Crippen molar-refractivity contribution in [2.24, 2.45) is 0 Å².